The van der Waals surface area contributed by atoms with Gasteiger partial charge in [-0.3, -0.25) is 0 Å². The van der Waals surface area contributed by atoms with E-state index in [0.29, 0.717) is 10.6 Å². The Labute approximate surface area is 99.1 Å². The Morgan fingerprint density at radius 3 is 1.60 bits per heavy atom. The smallest absolute Gasteiger partial charge is 0.0915 e. The van der Waals surface area contributed by atoms with Crippen LogP contribution >= 0.6 is 0 Å². The summed E-state index contributed by atoms with van der Waals surface area (Å²) in [5, 5.41) is 0.893. The van der Waals surface area contributed by atoms with Gasteiger partial charge in [0.15, 0.2) is 0 Å². The van der Waals surface area contributed by atoms with Crippen molar-refractivity contribution in [1.82, 2.24) is 0 Å². The molecule has 0 spiro atoms. The fourth-order valence-corrected chi connectivity index (χ4v) is 2.05. The highest BCUT2D eigenvalue weighted by Gasteiger charge is 2.29. The molecule has 0 heterocycles. The molecule has 0 aliphatic carbocycles. The van der Waals surface area contributed by atoms with Crippen molar-refractivity contribution in [2.24, 2.45) is 0 Å². The van der Waals surface area contributed by atoms with Crippen LogP contribution in [0.15, 0.2) is 0 Å². The third-order valence-corrected chi connectivity index (χ3v) is 4.64. The summed E-state index contributed by atoms with van der Waals surface area (Å²) < 4.78 is 0. The lowest BCUT2D eigenvalue weighted by molar-refractivity contribution is 0.525. The molecule has 0 rings (SSSR count). The lowest BCUT2D eigenvalue weighted by Gasteiger charge is -2.35. The molecule has 0 saturated heterocycles. The summed E-state index contributed by atoms with van der Waals surface area (Å²) in [5.41, 5.74) is 0. The van der Waals surface area contributed by atoms with Gasteiger partial charge in [-0.05, 0) is 0 Å². The predicted molar refractivity (Wildman–Crippen MR) is 74.4 cm³/mol. The van der Waals surface area contributed by atoms with Crippen LogP contribution in [0.25, 0.3) is 0 Å². The zero-order chi connectivity index (χ0) is 11.9. The molecular formula is C13H28B2. The van der Waals surface area contributed by atoms with Gasteiger partial charge in [0.05, 0.1) is 0 Å². The lowest BCUT2D eigenvalue weighted by Crippen LogP contribution is -2.24. The van der Waals surface area contributed by atoms with Gasteiger partial charge in [-0.2, -0.15) is 0 Å². The van der Waals surface area contributed by atoms with Crippen LogP contribution in [0.2, 0.25) is 23.8 Å². The standard InChI is InChI=1S/C13H28B2/c1-7-12(5,8-2)15-11-13(9-3,10-4)14-6/h7-11H2,1-6H3. The molecule has 2 radical (unpaired) electrons. The number of hydrogen-bond donors (Lipinski definition) is 0. The topological polar surface area (TPSA) is 0 Å². The van der Waals surface area contributed by atoms with E-state index in [9.17, 15) is 0 Å². The van der Waals surface area contributed by atoms with Gasteiger partial charge < -0.3 is 0 Å². The maximum absolute atomic E-state index is 2.57. The third-order valence-electron chi connectivity index (χ3n) is 4.64. The van der Waals surface area contributed by atoms with Gasteiger partial charge in [0.25, 0.3) is 0 Å². The van der Waals surface area contributed by atoms with E-state index in [2.05, 4.69) is 56.0 Å². The van der Waals surface area contributed by atoms with Crippen LogP contribution in [-0.4, -0.2) is 14.6 Å². The molecule has 86 valence electrons. The monoisotopic (exact) mass is 206 g/mol. The van der Waals surface area contributed by atoms with Crippen molar-refractivity contribution in [3.63, 3.8) is 0 Å². The van der Waals surface area contributed by atoms with E-state index in [1.807, 2.05) is 0 Å². The number of hydrogen-bond acceptors (Lipinski definition) is 0. The molecule has 0 aromatic heterocycles. The van der Waals surface area contributed by atoms with Gasteiger partial charge in [-0.1, -0.05) is 84.1 Å². The molecule has 0 nitrogen and oxygen atoms in total. The Bertz CT molecular complexity index is 150. The highest BCUT2D eigenvalue weighted by atomic mass is 14.2. The fourth-order valence-electron chi connectivity index (χ4n) is 2.05. The molecule has 2 heteroatoms. The van der Waals surface area contributed by atoms with Crippen LogP contribution in [0.5, 0.6) is 0 Å². The first-order valence-electron chi connectivity index (χ1n) is 6.66. The Balaban J connectivity index is 4.32. The third kappa shape index (κ3) is 4.25. The Hall–Kier alpha value is 0.130. The van der Waals surface area contributed by atoms with Crippen molar-refractivity contribution in [2.75, 3.05) is 0 Å². The fraction of sp³-hybridized carbons (Fsp3) is 1.00. The van der Waals surface area contributed by atoms with Crippen LogP contribution in [0.3, 0.4) is 0 Å². The summed E-state index contributed by atoms with van der Waals surface area (Å²) in [6, 6.07) is 0. The molecule has 0 aromatic carbocycles. The highest BCUT2D eigenvalue weighted by Crippen LogP contribution is 2.43. The quantitative estimate of drug-likeness (QED) is 0.498. The average Bonchev–Trinajstić information content (AvgIpc) is 2.31. The van der Waals surface area contributed by atoms with Crippen LogP contribution in [0.4, 0.5) is 0 Å². The summed E-state index contributed by atoms with van der Waals surface area (Å²) in [7, 11) is 4.98. The van der Waals surface area contributed by atoms with E-state index < -0.39 is 0 Å². The highest BCUT2D eigenvalue weighted by molar-refractivity contribution is 6.46. The lowest BCUT2D eigenvalue weighted by atomic mass is 9.37. The van der Waals surface area contributed by atoms with Gasteiger partial charge in [-0.25, -0.2) is 0 Å². The van der Waals surface area contributed by atoms with Gasteiger partial charge in [-0.15, -0.1) is 0 Å². The van der Waals surface area contributed by atoms with Crippen LogP contribution in [0, 0.1) is 0 Å². The Morgan fingerprint density at radius 1 is 0.867 bits per heavy atom. The molecule has 0 bridgehead atoms. The van der Waals surface area contributed by atoms with Crippen LogP contribution in [-0.2, 0) is 0 Å². The summed E-state index contributed by atoms with van der Waals surface area (Å²) >= 11 is 0. The summed E-state index contributed by atoms with van der Waals surface area (Å²) in [5.74, 6) is 0. The molecule has 0 N–H and O–H groups in total. The van der Waals surface area contributed by atoms with Gasteiger partial charge >= 0.3 is 0 Å². The average molecular weight is 206 g/mol. The molecule has 0 amide bonds. The van der Waals surface area contributed by atoms with Crippen LogP contribution in [0.1, 0.15) is 60.3 Å². The van der Waals surface area contributed by atoms with E-state index in [1.165, 1.54) is 32.0 Å². The molecule has 0 atom stereocenters. The number of rotatable bonds is 8. The molecule has 0 aliphatic rings. The molecule has 0 aliphatic heterocycles. The molecule has 0 unspecified atom stereocenters. The molecule has 0 saturated carbocycles. The Kier molecular flexibility index (Phi) is 6.71. The summed E-state index contributed by atoms with van der Waals surface area (Å²) in [6.07, 6.45) is 6.29. The summed E-state index contributed by atoms with van der Waals surface area (Å²) in [6.45, 7) is 13.8. The second-order valence-corrected chi connectivity index (χ2v) is 5.13. The van der Waals surface area contributed by atoms with Gasteiger partial charge in [0.1, 0.15) is 14.6 Å². The van der Waals surface area contributed by atoms with Crippen molar-refractivity contribution in [2.45, 2.75) is 84.1 Å². The second-order valence-electron chi connectivity index (χ2n) is 5.13. The summed E-state index contributed by atoms with van der Waals surface area (Å²) in [4.78, 5) is 0. The first kappa shape index (κ1) is 15.1. The largest absolute Gasteiger partial charge is 0.117 e. The minimum atomic E-state index is 0.443. The first-order chi connectivity index (χ1) is 7.01. The van der Waals surface area contributed by atoms with Crippen molar-refractivity contribution in [3.05, 3.63) is 0 Å². The second kappa shape index (κ2) is 6.66. The van der Waals surface area contributed by atoms with E-state index in [0.717, 1.165) is 0 Å². The van der Waals surface area contributed by atoms with Gasteiger partial charge in [0.2, 0.25) is 0 Å². The van der Waals surface area contributed by atoms with Crippen molar-refractivity contribution in [1.29, 1.82) is 0 Å². The predicted octanol–water partition coefficient (Wildman–Crippen LogP) is 4.84. The van der Waals surface area contributed by atoms with Crippen molar-refractivity contribution < 1.29 is 0 Å². The van der Waals surface area contributed by atoms with Gasteiger partial charge in [0, 0.05) is 0 Å². The first-order valence-corrected chi connectivity index (χ1v) is 6.66. The minimum absolute atomic E-state index is 0.443. The molecule has 15 heavy (non-hydrogen) atoms. The molecule has 0 aromatic rings. The minimum Gasteiger partial charge on any atom is -0.0915 e. The van der Waals surface area contributed by atoms with E-state index in [1.54, 1.807) is 0 Å². The SMILES string of the molecule is C[B]C(CC)(CC)C[B]C(C)(CC)CC. The zero-order valence-corrected chi connectivity index (χ0v) is 11.7. The zero-order valence-electron chi connectivity index (χ0n) is 11.7. The van der Waals surface area contributed by atoms with Crippen molar-refractivity contribution >= 4 is 14.6 Å². The van der Waals surface area contributed by atoms with Crippen molar-refractivity contribution in [3.8, 4) is 0 Å². The maximum Gasteiger partial charge on any atom is 0.117 e. The van der Waals surface area contributed by atoms with E-state index in [-0.39, 0.29) is 0 Å². The normalized spacial score (nSPS) is 12.7. The van der Waals surface area contributed by atoms with E-state index >= 15 is 0 Å². The molecule has 0 fully saturated rings. The Morgan fingerprint density at radius 2 is 1.33 bits per heavy atom. The molecular weight excluding hydrogens is 178 g/mol. The van der Waals surface area contributed by atoms with E-state index in [4.69, 9.17) is 0 Å². The van der Waals surface area contributed by atoms with Crippen LogP contribution < -0.4 is 0 Å². The maximum atomic E-state index is 2.57.